The van der Waals surface area contributed by atoms with Gasteiger partial charge in [-0.1, -0.05) is 67.6 Å². The van der Waals surface area contributed by atoms with Crippen molar-refractivity contribution >= 4 is 5.91 Å². The molecule has 3 aromatic rings. The van der Waals surface area contributed by atoms with Crippen molar-refractivity contribution in [1.29, 1.82) is 0 Å². The van der Waals surface area contributed by atoms with Crippen LogP contribution in [-0.2, 0) is 13.0 Å². The van der Waals surface area contributed by atoms with Crippen molar-refractivity contribution in [2.24, 2.45) is 0 Å². The van der Waals surface area contributed by atoms with E-state index in [0.29, 0.717) is 17.9 Å². The lowest BCUT2D eigenvalue weighted by Gasteiger charge is -2.15. The third kappa shape index (κ3) is 5.20. The van der Waals surface area contributed by atoms with Crippen LogP contribution < -0.4 is 10.1 Å². The first-order chi connectivity index (χ1) is 13.2. The van der Waals surface area contributed by atoms with Crippen LogP contribution in [0, 0.1) is 0 Å². The van der Waals surface area contributed by atoms with Crippen LogP contribution in [0.25, 0.3) is 0 Å². The fraction of sp³-hybridized carbons (Fsp3) is 0.208. The Morgan fingerprint density at radius 1 is 0.926 bits per heavy atom. The van der Waals surface area contributed by atoms with E-state index in [1.54, 1.807) is 12.1 Å². The van der Waals surface area contributed by atoms with E-state index in [1.807, 2.05) is 49.4 Å². The number of amides is 1. The van der Waals surface area contributed by atoms with Crippen LogP contribution in [0.2, 0.25) is 0 Å². The number of benzene rings is 3. The second-order valence-corrected chi connectivity index (χ2v) is 6.59. The molecule has 3 heteroatoms. The fourth-order valence-electron chi connectivity index (χ4n) is 2.87. The van der Waals surface area contributed by atoms with Crippen molar-refractivity contribution in [3.05, 3.63) is 101 Å². The Hall–Kier alpha value is -3.07. The average Bonchev–Trinajstić information content (AvgIpc) is 2.73. The van der Waals surface area contributed by atoms with E-state index < -0.39 is 0 Å². The zero-order chi connectivity index (χ0) is 19.1. The number of hydrogen-bond acceptors (Lipinski definition) is 2. The average molecular weight is 359 g/mol. The molecule has 3 nitrogen and oxygen atoms in total. The quantitative estimate of drug-likeness (QED) is 0.620. The van der Waals surface area contributed by atoms with Gasteiger partial charge in [-0.2, -0.15) is 0 Å². The van der Waals surface area contributed by atoms with E-state index in [2.05, 4.69) is 36.5 Å². The Morgan fingerprint density at radius 2 is 1.67 bits per heavy atom. The molecule has 138 valence electrons. The van der Waals surface area contributed by atoms with E-state index in [-0.39, 0.29) is 11.9 Å². The molecule has 0 aliphatic rings. The number of ether oxygens (including phenoxy) is 1. The van der Waals surface area contributed by atoms with Gasteiger partial charge in [-0.3, -0.25) is 4.79 Å². The van der Waals surface area contributed by atoms with Gasteiger partial charge in [0.05, 0.1) is 6.04 Å². The van der Waals surface area contributed by atoms with Gasteiger partial charge < -0.3 is 10.1 Å². The summed E-state index contributed by atoms with van der Waals surface area (Å²) in [4.78, 5) is 12.6. The predicted molar refractivity (Wildman–Crippen MR) is 109 cm³/mol. The number of hydrogen-bond donors (Lipinski definition) is 1. The summed E-state index contributed by atoms with van der Waals surface area (Å²) < 4.78 is 5.82. The van der Waals surface area contributed by atoms with Crippen LogP contribution >= 0.6 is 0 Å². The molecule has 3 rings (SSSR count). The molecule has 3 aromatic carbocycles. The largest absolute Gasteiger partial charge is 0.489 e. The minimum Gasteiger partial charge on any atom is -0.489 e. The topological polar surface area (TPSA) is 38.3 Å². The highest BCUT2D eigenvalue weighted by atomic mass is 16.5. The maximum atomic E-state index is 12.6. The Balaban J connectivity index is 1.62. The summed E-state index contributed by atoms with van der Waals surface area (Å²) in [7, 11) is 0. The molecule has 1 atom stereocenters. The lowest BCUT2D eigenvalue weighted by Crippen LogP contribution is -2.26. The molecular formula is C24H25NO2. The molecule has 0 aromatic heterocycles. The van der Waals surface area contributed by atoms with Gasteiger partial charge in [0.1, 0.15) is 12.4 Å². The minimum atomic E-state index is -0.104. The summed E-state index contributed by atoms with van der Waals surface area (Å²) in [6.07, 6.45) is 1.01. The second kappa shape index (κ2) is 9.04. The van der Waals surface area contributed by atoms with Gasteiger partial charge in [-0.05, 0) is 48.2 Å². The molecular weight excluding hydrogens is 334 g/mol. The first-order valence-electron chi connectivity index (χ1n) is 9.32. The molecule has 0 spiro atoms. The summed E-state index contributed by atoms with van der Waals surface area (Å²) in [6, 6.07) is 25.6. The Bertz CT molecular complexity index is 872. The third-order valence-corrected chi connectivity index (χ3v) is 4.58. The number of nitrogens with one attached hydrogen (secondary N) is 1. The van der Waals surface area contributed by atoms with Crippen LogP contribution in [0.15, 0.2) is 78.9 Å². The van der Waals surface area contributed by atoms with Crippen LogP contribution in [0.3, 0.4) is 0 Å². The summed E-state index contributed by atoms with van der Waals surface area (Å²) in [5.41, 5.74) is 4.08. The molecule has 1 amide bonds. The van der Waals surface area contributed by atoms with E-state index in [1.165, 1.54) is 5.56 Å². The second-order valence-electron chi connectivity index (χ2n) is 6.59. The molecule has 1 unspecified atom stereocenters. The van der Waals surface area contributed by atoms with Crippen molar-refractivity contribution in [2.75, 3.05) is 0 Å². The molecule has 27 heavy (non-hydrogen) atoms. The maximum absolute atomic E-state index is 12.6. The van der Waals surface area contributed by atoms with Crippen molar-refractivity contribution in [3.8, 4) is 5.75 Å². The molecule has 0 saturated heterocycles. The zero-order valence-corrected chi connectivity index (χ0v) is 15.8. The molecule has 0 heterocycles. The van der Waals surface area contributed by atoms with Crippen molar-refractivity contribution in [3.63, 3.8) is 0 Å². The van der Waals surface area contributed by atoms with E-state index in [4.69, 9.17) is 4.74 Å². The third-order valence-electron chi connectivity index (χ3n) is 4.58. The van der Waals surface area contributed by atoms with Crippen molar-refractivity contribution in [1.82, 2.24) is 5.32 Å². The van der Waals surface area contributed by atoms with Gasteiger partial charge in [0, 0.05) is 5.56 Å². The smallest absolute Gasteiger partial charge is 0.251 e. The Morgan fingerprint density at radius 3 is 2.37 bits per heavy atom. The van der Waals surface area contributed by atoms with Gasteiger partial charge in [-0.25, -0.2) is 0 Å². The monoisotopic (exact) mass is 359 g/mol. The van der Waals surface area contributed by atoms with Gasteiger partial charge in [0.2, 0.25) is 0 Å². The number of rotatable bonds is 7. The number of carbonyl (C=O) groups is 1. The maximum Gasteiger partial charge on any atom is 0.251 e. The highest BCUT2D eigenvalue weighted by molar-refractivity contribution is 5.94. The van der Waals surface area contributed by atoms with Crippen LogP contribution in [0.5, 0.6) is 5.75 Å². The van der Waals surface area contributed by atoms with Crippen molar-refractivity contribution < 1.29 is 9.53 Å². The molecule has 0 saturated carbocycles. The van der Waals surface area contributed by atoms with E-state index >= 15 is 0 Å². The lowest BCUT2D eigenvalue weighted by atomic mass is 10.0. The minimum absolute atomic E-state index is 0.0581. The summed E-state index contributed by atoms with van der Waals surface area (Å²) in [5.74, 6) is 0.582. The van der Waals surface area contributed by atoms with Crippen molar-refractivity contribution in [2.45, 2.75) is 32.9 Å². The number of aryl methyl sites for hydroxylation is 1. The highest BCUT2D eigenvalue weighted by Gasteiger charge is 2.12. The molecule has 0 bridgehead atoms. The van der Waals surface area contributed by atoms with Crippen LogP contribution in [0.1, 0.15) is 46.9 Å². The summed E-state index contributed by atoms with van der Waals surface area (Å²) in [6.45, 7) is 4.60. The van der Waals surface area contributed by atoms with Crippen LogP contribution in [-0.4, -0.2) is 5.91 Å². The molecule has 0 radical (unpaired) electrons. The fourth-order valence-corrected chi connectivity index (χ4v) is 2.87. The zero-order valence-electron chi connectivity index (χ0n) is 15.8. The normalized spacial score (nSPS) is 11.6. The molecule has 0 aliphatic heterocycles. The summed E-state index contributed by atoms with van der Waals surface area (Å²) in [5, 5.41) is 3.06. The highest BCUT2D eigenvalue weighted by Crippen LogP contribution is 2.18. The molecule has 0 aliphatic carbocycles. The van der Waals surface area contributed by atoms with E-state index in [9.17, 15) is 4.79 Å². The standard InChI is InChI=1S/C24H25NO2/c1-3-19-12-14-21(15-13-19)18(2)25-24(26)22-10-7-11-23(16-22)27-17-20-8-5-4-6-9-20/h4-16,18H,3,17H2,1-2H3,(H,25,26). The molecule has 0 fully saturated rings. The van der Waals surface area contributed by atoms with E-state index in [0.717, 1.165) is 17.5 Å². The lowest BCUT2D eigenvalue weighted by molar-refractivity contribution is 0.0939. The number of carbonyl (C=O) groups excluding carboxylic acids is 1. The SMILES string of the molecule is CCc1ccc(C(C)NC(=O)c2cccc(OCc3ccccc3)c2)cc1. The first-order valence-corrected chi connectivity index (χ1v) is 9.32. The van der Waals surface area contributed by atoms with Gasteiger partial charge >= 0.3 is 0 Å². The predicted octanol–water partition coefficient (Wildman–Crippen LogP) is 5.32. The Kier molecular flexibility index (Phi) is 6.26. The molecule has 1 N–H and O–H groups in total. The van der Waals surface area contributed by atoms with Crippen LogP contribution in [0.4, 0.5) is 0 Å². The Labute approximate surface area is 161 Å². The van der Waals surface area contributed by atoms with Gasteiger partial charge in [-0.15, -0.1) is 0 Å². The first kappa shape index (κ1) is 18.7. The summed E-state index contributed by atoms with van der Waals surface area (Å²) >= 11 is 0. The van der Waals surface area contributed by atoms with Gasteiger partial charge in [0.25, 0.3) is 5.91 Å². The van der Waals surface area contributed by atoms with Gasteiger partial charge in [0.15, 0.2) is 0 Å².